The van der Waals surface area contributed by atoms with Crippen molar-refractivity contribution in [3.8, 4) is 0 Å². The second kappa shape index (κ2) is 14.9. The molecule has 0 unspecified atom stereocenters. The van der Waals surface area contributed by atoms with Gasteiger partial charge in [0, 0.05) is 32.7 Å². The number of nitrogens with zero attached hydrogens (tertiary/aromatic N) is 4. The number of nitrogens with one attached hydrogen (secondary N) is 3. The lowest BCUT2D eigenvalue weighted by molar-refractivity contribution is -0.153. The van der Waals surface area contributed by atoms with Gasteiger partial charge in [0.15, 0.2) is 5.96 Å². The Morgan fingerprint density at radius 3 is 1.80 bits per heavy atom. The molecular formula is C29H47N9O7. The molecule has 4 aliphatic rings. The van der Waals surface area contributed by atoms with Gasteiger partial charge in [0.05, 0.1) is 6.04 Å². The molecule has 250 valence electrons. The van der Waals surface area contributed by atoms with E-state index in [-0.39, 0.29) is 23.7 Å². The normalized spacial score (nSPS) is 26.1. The van der Waals surface area contributed by atoms with Crippen molar-refractivity contribution in [3.63, 3.8) is 0 Å². The number of carboxylic acids is 1. The van der Waals surface area contributed by atoms with Gasteiger partial charge in [-0.3, -0.25) is 29.4 Å². The van der Waals surface area contributed by atoms with E-state index in [1.165, 1.54) is 19.6 Å². The highest BCUT2D eigenvalue weighted by Gasteiger charge is 2.46. The Balaban J connectivity index is 1.34. The fourth-order valence-electron chi connectivity index (χ4n) is 7.05. The molecule has 0 bridgehead atoms. The molecule has 0 aromatic rings. The Morgan fingerprint density at radius 2 is 1.24 bits per heavy atom. The molecule has 4 fully saturated rings. The van der Waals surface area contributed by atoms with Crippen molar-refractivity contribution < 1.29 is 33.9 Å². The summed E-state index contributed by atoms with van der Waals surface area (Å²) in [4.78, 5) is 84.4. The molecule has 5 amide bonds. The molecule has 0 spiro atoms. The number of hydrogen-bond acceptors (Lipinski definition) is 8. The van der Waals surface area contributed by atoms with E-state index in [1.807, 2.05) is 0 Å². The van der Waals surface area contributed by atoms with Gasteiger partial charge in [-0.25, -0.2) is 4.79 Å². The SMILES string of the molecule is C[C@H](NC(=O)[C@@H]1CCCN1C(=O)[C@@H](N)CCCNC(=N)N)C(=O)N1CCC[C@H]1C(=O)N1CCC[C@H]1C(=O)N1CCC[C@H]1C(=O)O. The summed E-state index contributed by atoms with van der Waals surface area (Å²) in [6.07, 6.45) is 4.97. The van der Waals surface area contributed by atoms with Crippen LogP contribution < -0.4 is 22.1 Å². The first-order chi connectivity index (χ1) is 21.4. The van der Waals surface area contributed by atoms with E-state index in [2.05, 4.69) is 10.6 Å². The minimum absolute atomic E-state index is 0.164. The molecule has 4 saturated heterocycles. The number of hydrogen-bond donors (Lipinski definition) is 6. The molecular weight excluding hydrogens is 586 g/mol. The van der Waals surface area contributed by atoms with E-state index in [4.69, 9.17) is 16.9 Å². The van der Waals surface area contributed by atoms with Crippen LogP contribution in [0.4, 0.5) is 0 Å². The van der Waals surface area contributed by atoms with E-state index >= 15 is 0 Å². The molecule has 4 rings (SSSR count). The number of carbonyl (C=O) groups excluding carboxylic acids is 5. The minimum Gasteiger partial charge on any atom is -0.480 e. The van der Waals surface area contributed by atoms with E-state index in [1.54, 1.807) is 6.92 Å². The maximum atomic E-state index is 13.8. The Bertz CT molecular complexity index is 1180. The zero-order valence-corrected chi connectivity index (χ0v) is 25.9. The molecule has 4 aliphatic heterocycles. The van der Waals surface area contributed by atoms with Crippen molar-refractivity contribution in [2.45, 2.75) is 107 Å². The fraction of sp³-hybridized carbons (Fsp3) is 0.759. The van der Waals surface area contributed by atoms with Crippen LogP contribution in [0.1, 0.15) is 71.1 Å². The zero-order chi connectivity index (χ0) is 32.8. The van der Waals surface area contributed by atoms with Gasteiger partial charge in [-0.05, 0) is 71.1 Å². The van der Waals surface area contributed by atoms with Crippen LogP contribution in [0.3, 0.4) is 0 Å². The van der Waals surface area contributed by atoms with E-state index in [9.17, 15) is 33.9 Å². The second-order valence-corrected chi connectivity index (χ2v) is 12.4. The van der Waals surface area contributed by atoms with Crippen LogP contribution in [-0.2, 0) is 28.8 Å². The van der Waals surface area contributed by atoms with E-state index in [0.29, 0.717) is 96.9 Å². The number of aliphatic carboxylic acids is 1. The molecule has 45 heavy (non-hydrogen) atoms. The molecule has 0 radical (unpaired) electrons. The Hall–Kier alpha value is -3.95. The van der Waals surface area contributed by atoms with Gasteiger partial charge in [0.2, 0.25) is 29.5 Å². The van der Waals surface area contributed by atoms with Crippen molar-refractivity contribution in [2.75, 3.05) is 32.7 Å². The van der Waals surface area contributed by atoms with Crippen molar-refractivity contribution in [2.24, 2.45) is 11.5 Å². The van der Waals surface area contributed by atoms with Gasteiger partial charge in [0.1, 0.15) is 30.2 Å². The van der Waals surface area contributed by atoms with Gasteiger partial charge in [-0.1, -0.05) is 0 Å². The van der Waals surface area contributed by atoms with Crippen LogP contribution in [0.5, 0.6) is 0 Å². The summed E-state index contributed by atoms with van der Waals surface area (Å²) in [6.45, 7) is 3.35. The topological polar surface area (TPSA) is 236 Å². The largest absolute Gasteiger partial charge is 0.480 e. The predicted octanol–water partition coefficient (Wildman–Crippen LogP) is -1.87. The number of amides is 5. The third-order valence-electron chi connectivity index (χ3n) is 9.36. The lowest BCUT2D eigenvalue weighted by atomic mass is 10.1. The highest BCUT2D eigenvalue weighted by Crippen LogP contribution is 2.29. The van der Waals surface area contributed by atoms with Crippen LogP contribution in [0.25, 0.3) is 0 Å². The Kier molecular flexibility index (Phi) is 11.2. The number of carboxylic acid groups (broad SMARTS) is 1. The highest BCUT2D eigenvalue weighted by molar-refractivity contribution is 5.97. The summed E-state index contributed by atoms with van der Waals surface area (Å²) in [5, 5.41) is 22.1. The van der Waals surface area contributed by atoms with Crippen LogP contribution in [-0.4, -0.2) is 135 Å². The van der Waals surface area contributed by atoms with Gasteiger partial charge in [0.25, 0.3) is 0 Å². The lowest BCUT2D eigenvalue weighted by Gasteiger charge is -2.34. The molecule has 0 aromatic carbocycles. The second-order valence-electron chi connectivity index (χ2n) is 12.4. The van der Waals surface area contributed by atoms with Gasteiger partial charge in [-0.15, -0.1) is 0 Å². The number of carbonyl (C=O) groups is 6. The Labute approximate surface area is 262 Å². The summed E-state index contributed by atoms with van der Waals surface area (Å²) < 4.78 is 0. The molecule has 8 N–H and O–H groups in total. The van der Waals surface area contributed by atoms with Crippen molar-refractivity contribution in [1.29, 1.82) is 5.41 Å². The standard InChI is InChI=1S/C29H47N9O7/c1-17(34-23(39)19-8-3-13-35(19)25(41)18(30)7-2-12-33-29(31)32)24(40)36-14-4-9-20(36)26(42)37-15-5-10-21(37)27(43)38-16-6-11-22(38)28(44)45/h17-22H,2-16,30H2,1H3,(H,34,39)(H,44,45)(H4,31,32,33)/t17-,18-,19-,20-,21-,22-/m0/s1. The first-order valence-corrected chi connectivity index (χ1v) is 16.0. The summed E-state index contributed by atoms with van der Waals surface area (Å²) in [7, 11) is 0. The summed E-state index contributed by atoms with van der Waals surface area (Å²) in [5.41, 5.74) is 11.4. The molecule has 16 heteroatoms. The number of likely N-dealkylation sites (tertiary alicyclic amines) is 4. The number of guanidine groups is 1. The quantitative estimate of drug-likeness (QED) is 0.0842. The maximum Gasteiger partial charge on any atom is 0.326 e. The van der Waals surface area contributed by atoms with Crippen molar-refractivity contribution in [1.82, 2.24) is 30.2 Å². The van der Waals surface area contributed by atoms with Crippen molar-refractivity contribution in [3.05, 3.63) is 0 Å². The minimum atomic E-state index is -1.05. The van der Waals surface area contributed by atoms with Crippen molar-refractivity contribution >= 4 is 41.5 Å². The zero-order valence-electron chi connectivity index (χ0n) is 25.9. The average Bonchev–Trinajstić information content (AvgIpc) is 3.83. The summed E-state index contributed by atoms with van der Waals surface area (Å²) >= 11 is 0. The number of nitrogens with two attached hydrogens (primary N) is 2. The summed E-state index contributed by atoms with van der Waals surface area (Å²) in [5.74, 6) is -3.13. The Morgan fingerprint density at radius 1 is 0.778 bits per heavy atom. The van der Waals surface area contributed by atoms with Crippen LogP contribution in [0, 0.1) is 5.41 Å². The molecule has 0 saturated carbocycles. The van der Waals surface area contributed by atoms with Crippen LogP contribution in [0.15, 0.2) is 0 Å². The molecule has 0 aromatic heterocycles. The molecule has 6 atom stereocenters. The smallest absolute Gasteiger partial charge is 0.326 e. The van der Waals surface area contributed by atoms with Crippen LogP contribution in [0.2, 0.25) is 0 Å². The van der Waals surface area contributed by atoms with Crippen LogP contribution >= 0.6 is 0 Å². The van der Waals surface area contributed by atoms with E-state index < -0.39 is 54.0 Å². The van der Waals surface area contributed by atoms with Gasteiger partial charge in [-0.2, -0.15) is 0 Å². The lowest BCUT2D eigenvalue weighted by Crippen LogP contribution is -2.58. The number of rotatable bonds is 11. The van der Waals surface area contributed by atoms with E-state index in [0.717, 1.165) is 0 Å². The van der Waals surface area contributed by atoms with Gasteiger partial charge >= 0.3 is 5.97 Å². The predicted molar refractivity (Wildman–Crippen MR) is 161 cm³/mol. The first kappa shape index (κ1) is 33.9. The third-order valence-corrected chi connectivity index (χ3v) is 9.36. The van der Waals surface area contributed by atoms with Gasteiger partial charge < -0.3 is 46.8 Å². The molecule has 4 heterocycles. The average molecular weight is 634 g/mol. The first-order valence-electron chi connectivity index (χ1n) is 16.0. The highest BCUT2D eigenvalue weighted by atomic mass is 16.4. The molecule has 0 aliphatic carbocycles. The maximum absolute atomic E-state index is 13.8. The fourth-order valence-corrected chi connectivity index (χ4v) is 7.05. The molecule has 16 nitrogen and oxygen atoms in total. The third kappa shape index (κ3) is 7.65. The monoisotopic (exact) mass is 633 g/mol. The summed E-state index contributed by atoms with van der Waals surface area (Å²) in [6, 6.07) is -4.95.